The molecule has 0 unspecified atom stereocenters. The standard InChI is InChI=1S/C11H8ClN3.C7H13NO3/c12-6-3-8-7-1-2-14-5-10(7)15-11(8)9(13)4-6;1-7(2)4-8-5(3-11-7)6(9)10/h1-5,15H,13H2;5,8H,3-4H2,1-2H3,(H,9,10)/t;5-/m.0/s1. The van der Waals surface area contributed by atoms with E-state index in [1.54, 1.807) is 6.07 Å². The normalized spacial score (nSPS) is 19.1. The molecule has 1 fully saturated rings. The highest BCUT2D eigenvalue weighted by Gasteiger charge is 2.27. The number of aromatic nitrogens is 2. The number of nitrogens with two attached hydrogens (primary N) is 1. The second-order valence-electron chi connectivity index (χ2n) is 6.84. The molecule has 0 aliphatic carbocycles. The van der Waals surface area contributed by atoms with Crippen LogP contribution < -0.4 is 21.1 Å². The summed E-state index contributed by atoms with van der Waals surface area (Å²) in [6.07, 6.45) is 3.79. The molecule has 1 atom stereocenters. The van der Waals surface area contributed by atoms with Gasteiger partial charge in [-0.1, -0.05) is 11.6 Å². The lowest BCUT2D eigenvalue weighted by molar-refractivity contribution is -0.376. The molecule has 1 aliphatic heterocycles. The molecule has 26 heavy (non-hydrogen) atoms. The maximum atomic E-state index is 10.3. The molecule has 0 amide bonds. The molecule has 1 aromatic carbocycles. The van der Waals surface area contributed by atoms with Crippen LogP contribution >= 0.6 is 11.6 Å². The Balaban J connectivity index is 0.000000160. The maximum Gasteiger partial charge on any atom is 0.191 e. The van der Waals surface area contributed by atoms with Gasteiger partial charge in [-0.2, -0.15) is 0 Å². The topological polar surface area (TPSA) is 117 Å². The van der Waals surface area contributed by atoms with Crippen LogP contribution in [0.3, 0.4) is 0 Å². The summed E-state index contributed by atoms with van der Waals surface area (Å²) >= 11 is 5.98. The zero-order valence-corrected chi connectivity index (χ0v) is 15.3. The summed E-state index contributed by atoms with van der Waals surface area (Å²) < 4.78 is 5.26. The molecule has 0 radical (unpaired) electrons. The Bertz CT molecular complexity index is 944. The van der Waals surface area contributed by atoms with Crippen LogP contribution in [0.5, 0.6) is 0 Å². The van der Waals surface area contributed by atoms with Gasteiger partial charge in [0.15, 0.2) is 12.4 Å². The fourth-order valence-corrected chi connectivity index (χ4v) is 3.05. The molecule has 8 heteroatoms. The van der Waals surface area contributed by atoms with Gasteiger partial charge in [0.25, 0.3) is 0 Å². The van der Waals surface area contributed by atoms with Gasteiger partial charge in [0, 0.05) is 28.4 Å². The van der Waals surface area contributed by atoms with Gasteiger partial charge in [-0.25, -0.2) is 4.98 Å². The summed E-state index contributed by atoms with van der Waals surface area (Å²) in [5.74, 6) is -1.10. The van der Waals surface area contributed by atoms with Crippen molar-refractivity contribution in [2.24, 2.45) is 0 Å². The molecule has 1 aliphatic rings. The third-order valence-electron chi connectivity index (χ3n) is 4.25. The number of carboxylic acid groups (broad SMARTS) is 1. The van der Waals surface area contributed by atoms with Crippen LogP contribution in [0.25, 0.3) is 21.8 Å². The SMILES string of the molecule is CC1(C)CN[C@H](C(=O)[O-])CO1.Nc1cc(Cl)cc2c1[nH]c1c[nH+]ccc12. The van der Waals surface area contributed by atoms with Crippen LogP contribution in [-0.4, -0.2) is 35.7 Å². The summed E-state index contributed by atoms with van der Waals surface area (Å²) in [7, 11) is 0. The van der Waals surface area contributed by atoms with Gasteiger partial charge in [0.1, 0.15) is 5.52 Å². The first-order chi connectivity index (χ1) is 12.3. The Morgan fingerprint density at radius 2 is 2.19 bits per heavy atom. The van der Waals surface area contributed by atoms with E-state index >= 15 is 0 Å². The van der Waals surface area contributed by atoms with Crippen molar-refractivity contribution in [3.63, 3.8) is 0 Å². The van der Waals surface area contributed by atoms with Gasteiger partial charge in [0.2, 0.25) is 0 Å². The van der Waals surface area contributed by atoms with Crippen molar-refractivity contribution >= 4 is 45.1 Å². The van der Waals surface area contributed by atoms with Crippen LogP contribution in [0.15, 0.2) is 30.6 Å². The lowest BCUT2D eigenvalue weighted by Crippen LogP contribution is -2.57. The van der Waals surface area contributed by atoms with Crippen molar-refractivity contribution in [1.82, 2.24) is 10.3 Å². The molecule has 3 aromatic rings. The molecular formula is C18H21ClN4O3. The van der Waals surface area contributed by atoms with Crippen LogP contribution in [0.1, 0.15) is 13.8 Å². The number of hydrogen-bond acceptors (Lipinski definition) is 5. The monoisotopic (exact) mass is 376 g/mol. The number of aromatic amines is 2. The zero-order valence-electron chi connectivity index (χ0n) is 14.6. The first kappa shape index (κ1) is 18.4. The van der Waals surface area contributed by atoms with E-state index in [1.807, 2.05) is 38.4 Å². The summed E-state index contributed by atoms with van der Waals surface area (Å²) in [5, 5.41) is 16.0. The van der Waals surface area contributed by atoms with Crippen molar-refractivity contribution in [2.75, 3.05) is 18.9 Å². The van der Waals surface area contributed by atoms with Gasteiger partial charge in [0.05, 0.1) is 35.4 Å². The fraction of sp³-hybridized carbons (Fsp3) is 0.333. The smallest absolute Gasteiger partial charge is 0.191 e. The average molecular weight is 377 g/mol. The summed E-state index contributed by atoms with van der Waals surface area (Å²) in [6, 6.07) is 5.03. The molecule has 0 spiro atoms. The Hall–Kier alpha value is -2.35. The number of carbonyl (C=O) groups is 1. The molecule has 138 valence electrons. The number of ether oxygens (including phenoxy) is 1. The van der Waals surface area contributed by atoms with Crippen LogP contribution in [0.2, 0.25) is 5.02 Å². The molecule has 4 rings (SSSR count). The van der Waals surface area contributed by atoms with E-state index in [0.717, 1.165) is 21.8 Å². The van der Waals surface area contributed by atoms with Gasteiger partial charge in [-0.15, -0.1) is 0 Å². The molecule has 0 saturated carbocycles. The number of benzene rings is 1. The largest absolute Gasteiger partial charge is 0.548 e. The van der Waals surface area contributed by atoms with E-state index in [-0.39, 0.29) is 12.2 Å². The van der Waals surface area contributed by atoms with Crippen LogP contribution in [0, 0.1) is 0 Å². The molecule has 3 heterocycles. The van der Waals surface area contributed by atoms with Gasteiger partial charge in [-0.3, -0.25) is 0 Å². The minimum atomic E-state index is -1.10. The molecule has 2 aromatic heterocycles. The van der Waals surface area contributed by atoms with Crippen molar-refractivity contribution in [3.05, 3.63) is 35.6 Å². The molecule has 1 saturated heterocycles. The van der Waals surface area contributed by atoms with Crippen molar-refractivity contribution in [3.8, 4) is 0 Å². The number of rotatable bonds is 1. The Kier molecular flexibility index (Phi) is 5.04. The summed E-state index contributed by atoms with van der Waals surface area (Å²) in [4.78, 5) is 16.6. The highest BCUT2D eigenvalue weighted by atomic mass is 35.5. The molecule has 7 nitrogen and oxygen atoms in total. The second-order valence-corrected chi connectivity index (χ2v) is 7.27. The minimum Gasteiger partial charge on any atom is -0.548 e. The number of nitrogen functional groups attached to an aromatic ring is 1. The first-order valence-corrected chi connectivity index (χ1v) is 8.59. The molecule has 5 N–H and O–H groups in total. The van der Waals surface area contributed by atoms with Crippen molar-refractivity contribution in [1.29, 1.82) is 0 Å². The van der Waals surface area contributed by atoms with Crippen LogP contribution in [0.4, 0.5) is 5.69 Å². The number of fused-ring (bicyclic) bond motifs is 3. The average Bonchev–Trinajstić information content (AvgIpc) is 2.94. The van der Waals surface area contributed by atoms with E-state index in [4.69, 9.17) is 22.1 Å². The van der Waals surface area contributed by atoms with E-state index in [2.05, 4.69) is 15.3 Å². The van der Waals surface area contributed by atoms with E-state index in [9.17, 15) is 9.90 Å². The van der Waals surface area contributed by atoms with E-state index < -0.39 is 12.0 Å². The van der Waals surface area contributed by atoms with Crippen molar-refractivity contribution in [2.45, 2.75) is 25.5 Å². The predicted molar refractivity (Wildman–Crippen MR) is 98.6 cm³/mol. The number of carbonyl (C=O) groups excluding carboxylic acids is 1. The minimum absolute atomic E-state index is 0.190. The van der Waals surface area contributed by atoms with E-state index in [1.165, 1.54) is 0 Å². The predicted octanol–water partition coefficient (Wildman–Crippen LogP) is 0.874. The van der Waals surface area contributed by atoms with Gasteiger partial charge in [-0.05, 0) is 26.0 Å². The number of morpholine rings is 1. The second kappa shape index (κ2) is 7.11. The van der Waals surface area contributed by atoms with Gasteiger partial charge >= 0.3 is 0 Å². The molecular weight excluding hydrogens is 356 g/mol. The number of hydrogen-bond donors (Lipinski definition) is 3. The number of H-pyrrole nitrogens is 2. The number of halogens is 1. The Labute approximate surface area is 155 Å². The fourth-order valence-electron chi connectivity index (χ4n) is 2.82. The maximum absolute atomic E-state index is 10.3. The highest BCUT2D eigenvalue weighted by Crippen LogP contribution is 2.30. The third-order valence-corrected chi connectivity index (χ3v) is 4.47. The van der Waals surface area contributed by atoms with Crippen LogP contribution in [-0.2, 0) is 9.53 Å². The zero-order chi connectivity index (χ0) is 18.9. The Morgan fingerprint density at radius 3 is 2.85 bits per heavy atom. The van der Waals surface area contributed by atoms with Gasteiger partial charge < -0.3 is 30.7 Å². The number of nitrogens with one attached hydrogen (secondary N) is 3. The third kappa shape index (κ3) is 3.90. The summed E-state index contributed by atoms with van der Waals surface area (Å²) in [6.45, 7) is 4.55. The summed E-state index contributed by atoms with van der Waals surface area (Å²) in [5.41, 5.74) is 8.28. The van der Waals surface area contributed by atoms with E-state index in [0.29, 0.717) is 17.3 Å². The number of aliphatic carboxylic acids is 1. The lowest BCUT2D eigenvalue weighted by atomic mass is 10.1. The number of carboxylic acids is 1. The Morgan fingerprint density at radius 1 is 1.42 bits per heavy atom. The number of pyridine rings is 1. The molecule has 0 bridgehead atoms. The lowest BCUT2D eigenvalue weighted by Gasteiger charge is -2.36. The highest BCUT2D eigenvalue weighted by molar-refractivity contribution is 6.32. The first-order valence-electron chi connectivity index (χ1n) is 8.21. The number of anilines is 1. The quantitative estimate of drug-likeness (QED) is 0.545. The van der Waals surface area contributed by atoms with Crippen molar-refractivity contribution < 1.29 is 19.6 Å².